The van der Waals surface area contributed by atoms with Crippen LogP contribution in [-0.4, -0.2) is 90.4 Å². The summed E-state index contributed by atoms with van der Waals surface area (Å²) in [7, 11) is 0. The van der Waals surface area contributed by atoms with Crippen LogP contribution in [0.25, 0.3) is 22.3 Å². The van der Waals surface area contributed by atoms with E-state index < -0.39 is 11.9 Å². The van der Waals surface area contributed by atoms with Crippen LogP contribution in [0.4, 0.5) is 10.6 Å². The first-order chi connectivity index (χ1) is 26.8. The van der Waals surface area contributed by atoms with E-state index in [0.717, 1.165) is 48.1 Å². The summed E-state index contributed by atoms with van der Waals surface area (Å²) in [6.07, 6.45) is 5.32. The lowest BCUT2D eigenvalue weighted by molar-refractivity contribution is -0.136. The van der Waals surface area contributed by atoms with Gasteiger partial charge in [0, 0.05) is 50.3 Å². The zero-order chi connectivity index (χ0) is 37.6. The second kappa shape index (κ2) is 14.2. The molecule has 2 aromatic heterocycles. The largest absolute Gasteiger partial charge is 0.457 e. The first-order valence-corrected chi connectivity index (χ1v) is 18.9. The Bertz CT molecular complexity index is 2300. The molecule has 2 atom stereocenters. The highest BCUT2D eigenvalue weighted by atomic mass is 16.5. The lowest BCUT2D eigenvalue weighted by Gasteiger charge is -2.39. The molecule has 3 saturated heterocycles. The Morgan fingerprint density at radius 3 is 2.42 bits per heavy atom. The molecule has 55 heavy (non-hydrogen) atoms. The van der Waals surface area contributed by atoms with Crippen LogP contribution in [0.15, 0.2) is 79.1 Å². The van der Waals surface area contributed by atoms with Gasteiger partial charge in [0.05, 0.1) is 11.4 Å². The average molecular weight is 740 g/mol. The number of nitrogens with two attached hydrogens (primary N) is 1. The van der Waals surface area contributed by atoms with Crippen LogP contribution in [0.5, 0.6) is 11.5 Å². The second-order valence-corrected chi connectivity index (χ2v) is 14.8. The maximum absolute atomic E-state index is 14.0. The molecule has 9 rings (SSSR count). The van der Waals surface area contributed by atoms with E-state index in [0.29, 0.717) is 73.0 Å². The molecule has 6 heterocycles. The Labute approximate surface area is 317 Å². The van der Waals surface area contributed by atoms with Gasteiger partial charge in [-0.3, -0.25) is 19.7 Å². The Hall–Kier alpha value is -6.31. The van der Waals surface area contributed by atoms with Crippen LogP contribution in [0.3, 0.4) is 0 Å². The number of amides is 5. The standard InChI is InChI=1S/C41H41N9O5/c42-37-35-36(26-8-11-31(12-9-26)55-30-6-2-1-3-7-30)46-50(38(35)44-24-43-37)29-5-4-18-48(23-29)41(54)47-19-16-25(17-20-47)27-10-13-32-28(21-27)22-49(40(32)53)33-14-15-34(51)45-39(33)52/h1-3,6-13,21,24-25,29,33H,4-5,14-20,22-23H2,(H2,42,43,44)(H,45,51,52)/t29-,33?/m1/s1. The van der Waals surface area contributed by atoms with Gasteiger partial charge in [0.1, 0.15) is 35.4 Å². The predicted molar refractivity (Wildman–Crippen MR) is 203 cm³/mol. The molecule has 280 valence electrons. The van der Waals surface area contributed by atoms with Gasteiger partial charge in [0.2, 0.25) is 11.8 Å². The molecular formula is C41H41N9O5. The average Bonchev–Trinajstić information content (AvgIpc) is 3.77. The fourth-order valence-electron chi connectivity index (χ4n) is 8.54. The molecule has 4 aliphatic rings. The summed E-state index contributed by atoms with van der Waals surface area (Å²) in [4.78, 5) is 65.7. The minimum atomic E-state index is -0.636. The Morgan fingerprint density at radius 2 is 1.64 bits per heavy atom. The number of imide groups is 1. The number of rotatable bonds is 6. The maximum atomic E-state index is 14.0. The van der Waals surface area contributed by atoms with Crippen molar-refractivity contribution < 1.29 is 23.9 Å². The van der Waals surface area contributed by atoms with E-state index in [4.69, 9.17) is 15.6 Å². The molecule has 0 bridgehead atoms. The summed E-state index contributed by atoms with van der Waals surface area (Å²) < 4.78 is 7.91. The normalized spacial score (nSPS) is 20.5. The van der Waals surface area contributed by atoms with Gasteiger partial charge >= 0.3 is 6.03 Å². The number of fused-ring (bicyclic) bond motifs is 2. The van der Waals surface area contributed by atoms with Crippen molar-refractivity contribution >= 4 is 40.6 Å². The molecule has 5 aromatic rings. The van der Waals surface area contributed by atoms with Crippen LogP contribution in [0.1, 0.15) is 72.0 Å². The number of anilines is 1. The molecule has 1 unspecified atom stereocenters. The number of urea groups is 1. The summed E-state index contributed by atoms with van der Waals surface area (Å²) in [5, 5.41) is 8.11. The van der Waals surface area contributed by atoms with Gasteiger partial charge in [-0.05, 0) is 91.6 Å². The number of piperidine rings is 3. The minimum absolute atomic E-state index is 0.0300. The van der Waals surface area contributed by atoms with Gasteiger partial charge in [0.25, 0.3) is 5.91 Å². The van der Waals surface area contributed by atoms with E-state index >= 15 is 0 Å². The first kappa shape index (κ1) is 34.5. The SMILES string of the molecule is Nc1ncnc2c1c(-c1ccc(Oc3ccccc3)cc1)nn2[C@@H]1CCCN(C(=O)N2CCC(c3ccc4c(c3)CN(C3CCC(=O)NC3=O)C4=O)CC2)C1. The van der Waals surface area contributed by atoms with Gasteiger partial charge in [-0.2, -0.15) is 5.10 Å². The highest BCUT2D eigenvalue weighted by Gasteiger charge is 2.40. The number of carbonyl (C=O) groups is 4. The van der Waals surface area contributed by atoms with Crippen LogP contribution in [0, 0.1) is 0 Å². The summed E-state index contributed by atoms with van der Waals surface area (Å²) in [6.45, 7) is 2.79. The number of hydrogen-bond donors (Lipinski definition) is 2. The van der Waals surface area contributed by atoms with Gasteiger partial charge in [-0.25, -0.2) is 19.4 Å². The van der Waals surface area contributed by atoms with Crippen LogP contribution in [0.2, 0.25) is 0 Å². The van der Waals surface area contributed by atoms with Crippen molar-refractivity contribution in [2.75, 3.05) is 31.9 Å². The number of nitrogens with one attached hydrogen (secondary N) is 1. The zero-order valence-corrected chi connectivity index (χ0v) is 30.3. The fraction of sp³-hybridized carbons (Fsp3) is 0.341. The van der Waals surface area contributed by atoms with Gasteiger partial charge in [0.15, 0.2) is 5.65 Å². The molecule has 3 aromatic carbocycles. The van der Waals surface area contributed by atoms with Gasteiger partial charge < -0.3 is 25.2 Å². The lowest BCUT2D eigenvalue weighted by Crippen LogP contribution is -2.52. The van der Waals surface area contributed by atoms with Crippen molar-refractivity contribution in [3.63, 3.8) is 0 Å². The topological polar surface area (TPSA) is 169 Å². The third-order valence-electron chi connectivity index (χ3n) is 11.4. The number of nitrogen functional groups attached to an aromatic ring is 1. The van der Waals surface area contributed by atoms with E-state index in [1.54, 1.807) is 4.90 Å². The number of aromatic nitrogens is 4. The Morgan fingerprint density at radius 1 is 0.855 bits per heavy atom. The number of hydrogen-bond acceptors (Lipinski definition) is 9. The number of nitrogens with zero attached hydrogens (tertiary/aromatic N) is 7. The van der Waals surface area contributed by atoms with Crippen LogP contribution in [-0.2, 0) is 16.1 Å². The van der Waals surface area contributed by atoms with Gasteiger partial charge in [-0.1, -0.05) is 30.3 Å². The van der Waals surface area contributed by atoms with E-state index in [-0.39, 0.29) is 36.2 Å². The minimum Gasteiger partial charge on any atom is -0.457 e. The van der Waals surface area contributed by atoms with Gasteiger partial charge in [-0.15, -0.1) is 0 Å². The number of para-hydroxylation sites is 1. The number of carbonyl (C=O) groups excluding carboxylic acids is 4. The molecule has 4 aliphatic heterocycles. The molecule has 3 N–H and O–H groups in total. The molecule has 14 nitrogen and oxygen atoms in total. The van der Waals surface area contributed by atoms with Crippen LogP contribution >= 0.6 is 0 Å². The Kier molecular flexibility index (Phi) is 8.87. The smallest absolute Gasteiger partial charge is 0.320 e. The molecule has 14 heteroatoms. The molecule has 0 saturated carbocycles. The number of ether oxygens (including phenoxy) is 1. The molecule has 0 radical (unpaired) electrons. The first-order valence-electron chi connectivity index (χ1n) is 18.9. The van der Waals surface area contributed by atoms with Crippen molar-refractivity contribution in [3.05, 3.63) is 95.8 Å². The summed E-state index contributed by atoms with van der Waals surface area (Å²) >= 11 is 0. The predicted octanol–water partition coefficient (Wildman–Crippen LogP) is 5.27. The molecular weight excluding hydrogens is 699 g/mol. The van der Waals surface area contributed by atoms with E-state index in [9.17, 15) is 19.2 Å². The molecule has 5 amide bonds. The number of benzene rings is 3. The summed E-state index contributed by atoms with van der Waals surface area (Å²) in [5.74, 6) is 1.18. The second-order valence-electron chi connectivity index (χ2n) is 14.8. The molecule has 0 spiro atoms. The van der Waals surface area contributed by atoms with Crippen molar-refractivity contribution in [2.45, 2.75) is 63.1 Å². The van der Waals surface area contributed by atoms with Crippen molar-refractivity contribution in [1.29, 1.82) is 0 Å². The van der Waals surface area contributed by atoms with Crippen molar-refractivity contribution in [3.8, 4) is 22.8 Å². The number of likely N-dealkylation sites (tertiary alicyclic amines) is 2. The highest BCUT2D eigenvalue weighted by molar-refractivity contribution is 6.05. The van der Waals surface area contributed by atoms with Crippen molar-refractivity contribution in [2.24, 2.45) is 0 Å². The van der Waals surface area contributed by atoms with E-state index in [2.05, 4.69) is 21.4 Å². The van der Waals surface area contributed by atoms with Crippen molar-refractivity contribution in [1.82, 2.24) is 39.8 Å². The summed E-state index contributed by atoms with van der Waals surface area (Å²) in [6, 6.07) is 22.6. The third kappa shape index (κ3) is 6.51. The quantitative estimate of drug-likeness (QED) is 0.221. The third-order valence-corrected chi connectivity index (χ3v) is 11.4. The molecule has 0 aliphatic carbocycles. The maximum Gasteiger partial charge on any atom is 0.320 e. The van der Waals surface area contributed by atoms with E-state index in [1.165, 1.54) is 6.33 Å². The summed E-state index contributed by atoms with van der Waals surface area (Å²) in [5.41, 5.74) is 11.3. The zero-order valence-electron chi connectivity index (χ0n) is 30.3. The van der Waals surface area contributed by atoms with E-state index in [1.807, 2.05) is 81.2 Å². The van der Waals surface area contributed by atoms with Crippen LogP contribution < -0.4 is 15.8 Å². The molecule has 3 fully saturated rings. The fourth-order valence-corrected chi connectivity index (χ4v) is 8.54. The Balaban J connectivity index is 0.859. The highest BCUT2D eigenvalue weighted by Crippen LogP contribution is 2.37. The lowest BCUT2D eigenvalue weighted by atomic mass is 9.88. The monoisotopic (exact) mass is 739 g/mol.